The second kappa shape index (κ2) is 13.1. The minimum atomic E-state index is -0.184. The topological polar surface area (TPSA) is 129 Å². The maximum atomic E-state index is 11.5. The van der Waals surface area contributed by atoms with Crippen molar-refractivity contribution in [2.45, 2.75) is 66.7 Å². The highest BCUT2D eigenvalue weighted by atomic mass is 16.1. The minimum absolute atomic E-state index is 0. The van der Waals surface area contributed by atoms with Crippen molar-refractivity contribution >= 4 is 22.3 Å². The Kier molecular flexibility index (Phi) is 10.4. The van der Waals surface area contributed by atoms with Crippen molar-refractivity contribution in [3.8, 4) is 0 Å². The summed E-state index contributed by atoms with van der Waals surface area (Å²) in [5.41, 5.74) is 4.80. The Morgan fingerprint density at radius 2 is 1.33 bits per heavy atom. The molecule has 39 heavy (non-hydrogen) atoms. The molecule has 5 aromatic heterocycles. The molecule has 0 aromatic carbocycles. The van der Waals surface area contributed by atoms with Crippen LogP contribution >= 0.6 is 0 Å². The Morgan fingerprint density at radius 1 is 0.718 bits per heavy atom. The van der Waals surface area contributed by atoms with Gasteiger partial charge in [0.15, 0.2) is 16.8 Å². The molecule has 0 atom stereocenters. The van der Waals surface area contributed by atoms with E-state index in [1.165, 1.54) is 10.1 Å². The Bertz CT molecular complexity index is 1640. The fourth-order valence-corrected chi connectivity index (χ4v) is 3.62. The fraction of sp³-hybridized carbons (Fsp3) is 0.464. The first-order chi connectivity index (χ1) is 17.9. The predicted molar refractivity (Wildman–Crippen MR) is 156 cm³/mol. The molecule has 5 heterocycles. The van der Waals surface area contributed by atoms with E-state index >= 15 is 0 Å². The Labute approximate surface area is 229 Å². The van der Waals surface area contributed by atoms with Gasteiger partial charge in [-0.2, -0.15) is 4.98 Å². The largest absolute Gasteiger partial charge is 0.347 e. The molecule has 0 spiro atoms. The summed E-state index contributed by atoms with van der Waals surface area (Å²) in [6.45, 7) is 12.3. The molecule has 0 saturated carbocycles. The fourth-order valence-electron chi connectivity index (χ4n) is 3.62. The lowest BCUT2D eigenvalue weighted by Crippen LogP contribution is -2.20. The van der Waals surface area contributed by atoms with E-state index in [9.17, 15) is 9.59 Å². The van der Waals surface area contributed by atoms with Gasteiger partial charge in [-0.3, -0.25) is 4.79 Å². The highest BCUT2D eigenvalue weighted by Crippen LogP contribution is 2.21. The van der Waals surface area contributed by atoms with Gasteiger partial charge in [-0.1, -0.05) is 49.0 Å². The summed E-state index contributed by atoms with van der Waals surface area (Å²) < 4.78 is 5.16. The molecule has 0 aliphatic heterocycles. The molecule has 0 bridgehead atoms. The number of aryl methyl sites for hydroxylation is 3. The van der Waals surface area contributed by atoms with Gasteiger partial charge in [0.1, 0.15) is 11.3 Å². The molecule has 11 heteroatoms. The molecular weight excluding hydrogens is 494 g/mol. The SMILES string of the molecule is C.CC(C)c1ccn(C)c(=O)n1.CC(C)c1ccnc2c1ncn2C.CC(C)c1nc2c(ncn2C)c(=O)[nH]1. The first kappa shape index (κ1) is 31.1. The third-order valence-corrected chi connectivity index (χ3v) is 5.98. The molecule has 210 valence electrons. The maximum Gasteiger partial charge on any atom is 0.347 e. The van der Waals surface area contributed by atoms with E-state index in [1.54, 1.807) is 24.1 Å². The molecule has 1 N–H and O–H groups in total. The standard InChI is InChI=1S/C10H13N3.C9H12N4O.C8H12N2O.CH4/c1-7(2)8-4-5-11-10-9(8)12-6-13(10)3;1-5(2)7-11-8-6(9(14)12-7)10-4-13(8)3;1-6(2)7-4-5-10(3)8(11)9-7;/h4-7H,1-3H3;4-5H,1-3H3,(H,11,12,14);4-6H,1-3H3;1H4. The second-order valence-corrected chi connectivity index (χ2v) is 10.1. The number of pyridine rings is 1. The Hall–Kier alpha value is -4.15. The van der Waals surface area contributed by atoms with Gasteiger partial charge in [0, 0.05) is 39.5 Å². The summed E-state index contributed by atoms with van der Waals surface area (Å²) in [7, 11) is 5.48. The molecule has 0 aliphatic rings. The maximum absolute atomic E-state index is 11.5. The van der Waals surface area contributed by atoms with Crippen molar-refractivity contribution in [2.75, 3.05) is 0 Å². The van der Waals surface area contributed by atoms with E-state index in [0.717, 1.165) is 16.9 Å². The van der Waals surface area contributed by atoms with E-state index in [2.05, 4.69) is 43.8 Å². The van der Waals surface area contributed by atoms with Gasteiger partial charge < -0.3 is 18.7 Å². The van der Waals surface area contributed by atoms with E-state index in [1.807, 2.05) is 71.0 Å². The van der Waals surface area contributed by atoms with Gasteiger partial charge >= 0.3 is 5.69 Å². The minimum Gasteiger partial charge on any atom is -0.318 e. The van der Waals surface area contributed by atoms with Crippen molar-refractivity contribution in [1.29, 1.82) is 0 Å². The van der Waals surface area contributed by atoms with Crippen LogP contribution in [0.15, 0.2) is 46.8 Å². The number of H-pyrrole nitrogens is 1. The summed E-state index contributed by atoms with van der Waals surface area (Å²) in [6, 6.07) is 3.91. The lowest BCUT2D eigenvalue weighted by molar-refractivity contribution is 0.743. The zero-order valence-electron chi connectivity index (χ0n) is 23.6. The van der Waals surface area contributed by atoms with Crippen molar-refractivity contribution < 1.29 is 0 Å². The molecule has 0 saturated heterocycles. The molecule has 11 nitrogen and oxygen atoms in total. The molecule has 5 rings (SSSR count). The number of nitrogens with one attached hydrogen (secondary N) is 1. The van der Waals surface area contributed by atoms with Gasteiger partial charge in [-0.05, 0) is 29.5 Å². The molecule has 0 radical (unpaired) electrons. The summed E-state index contributed by atoms with van der Waals surface area (Å²) >= 11 is 0. The van der Waals surface area contributed by atoms with Crippen LogP contribution in [0.2, 0.25) is 0 Å². The summed E-state index contributed by atoms with van der Waals surface area (Å²) in [6.07, 6.45) is 6.99. The number of nitrogens with zero attached hydrogens (tertiary/aromatic N) is 8. The van der Waals surface area contributed by atoms with Crippen LogP contribution in [0.5, 0.6) is 0 Å². The van der Waals surface area contributed by atoms with Gasteiger partial charge in [0.2, 0.25) is 0 Å². The van der Waals surface area contributed by atoms with Crippen molar-refractivity contribution in [2.24, 2.45) is 21.1 Å². The van der Waals surface area contributed by atoms with E-state index in [-0.39, 0.29) is 24.6 Å². The Morgan fingerprint density at radius 3 is 1.90 bits per heavy atom. The molecule has 0 unspecified atom stereocenters. The third-order valence-electron chi connectivity index (χ3n) is 5.98. The number of fused-ring (bicyclic) bond motifs is 2. The number of aromatic nitrogens is 9. The smallest absolute Gasteiger partial charge is 0.318 e. The predicted octanol–water partition coefficient (Wildman–Crippen LogP) is 4.41. The van der Waals surface area contributed by atoms with Crippen LogP contribution in [0.25, 0.3) is 22.3 Å². The normalized spacial score (nSPS) is 10.9. The monoisotopic (exact) mass is 535 g/mol. The van der Waals surface area contributed by atoms with Crippen molar-refractivity contribution in [1.82, 2.24) is 43.6 Å². The number of hydrogen-bond acceptors (Lipinski definition) is 7. The molecule has 0 fully saturated rings. The number of aromatic amines is 1. The first-order valence-corrected chi connectivity index (χ1v) is 12.6. The summed E-state index contributed by atoms with van der Waals surface area (Å²) in [4.78, 5) is 46.1. The van der Waals surface area contributed by atoms with Crippen LogP contribution in [0.3, 0.4) is 0 Å². The average molecular weight is 536 g/mol. The first-order valence-electron chi connectivity index (χ1n) is 12.6. The highest BCUT2D eigenvalue weighted by Gasteiger charge is 2.10. The molecule has 0 amide bonds. The summed E-state index contributed by atoms with van der Waals surface area (Å²) in [5.74, 6) is 1.73. The van der Waals surface area contributed by atoms with Crippen LogP contribution in [0, 0.1) is 0 Å². The van der Waals surface area contributed by atoms with Gasteiger partial charge in [0.05, 0.1) is 18.3 Å². The summed E-state index contributed by atoms with van der Waals surface area (Å²) in [5, 5.41) is 0. The van der Waals surface area contributed by atoms with Crippen molar-refractivity contribution in [3.63, 3.8) is 0 Å². The zero-order chi connectivity index (χ0) is 28.1. The Balaban J connectivity index is 0.000000204. The highest BCUT2D eigenvalue weighted by molar-refractivity contribution is 5.75. The second-order valence-electron chi connectivity index (χ2n) is 10.1. The van der Waals surface area contributed by atoms with E-state index < -0.39 is 0 Å². The number of rotatable bonds is 3. The quantitative estimate of drug-likeness (QED) is 0.362. The molecular formula is C28H41N9O2. The third kappa shape index (κ3) is 7.24. The van der Waals surface area contributed by atoms with Gasteiger partial charge in [0.25, 0.3) is 5.56 Å². The van der Waals surface area contributed by atoms with E-state index in [4.69, 9.17) is 0 Å². The van der Waals surface area contributed by atoms with Crippen LogP contribution in [0.1, 0.15) is 83.8 Å². The van der Waals surface area contributed by atoms with Crippen LogP contribution in [-0.4, -0.2) is 43.6 Å². The average Bonchev–Trinajstić information content (AvgIpc) is 3.44. The van der Waals surface area contributed by atoms with Crippen LogP contribution in [-0.2, 0) is 21.1 Å². The number of imidazole rings is 2. The molecule has 5 aromatic rings. The van der Waals surface area contributed by atoms with Crippen LogP contribution in [0.4, 0.5) is 0 Å². The lowest BCUT2D eigenvalue weighted by Gasteiger charge is -2.04. The van der Waals surface area contributed by atoms with Crippen LogP contribution < -0.4 is 11.2 Å². The van der Waals surface area contributed by atoms with E-state index in [0.29, 0.717) is 28.8 Å². The number of hydrogen-bond donors (Lipinski definition) is 1. The van der Waals surface area contributed by atoms with Gasteiger partial charge in [-0.25, -0.2) is 24.7 Å². The zero-order valence-corrected chi connectivity index (χ0v) is 23.6. The lowest BCUT2D eigenvalue weighted by atomic mass is 10.0. The van der Waals surface area contributed by atoms with Gasteiger partial charge in [-0.15, -0.1) is 0 Å². The molecule has 0 aliphatic carbocycles. The van der Waals surface area contributed by atoms with Crippen molar-refractivity contribution in [3.05, 3.63) is 75.1 Å².